The maximum atomic E-state index is 11.8. The molecule has 25 heavy (non-hydrogen) atoms. The van der Waals surface area contributed by atoms with E-state index in [1.54, 1.807) is 14.2 Å². The van der Waals surface area contributed by atoms with E-state index in [0.29, 0.717) is 6.54 Å². The highest BCUT2D eigenvalue weighted by molar-refractivity contribution is 14.0. The van der Waals surface area contributed by atoms with E-state index in [1.807, 2.05) is 0 Å². The third-order valence-electron chi connectivity index (χ3n) is 4.96. The Bertz CT molecular complexity index is 446. The molecule has 0 aromatic heterocycles. The minimum Gasteiger partial charge on any atom is -0.469 e. The van der Waals surface area contributed by atoms with Crippen LogP contribution in [0.4, 0.5) is 0 Å². The molecule has 1 heterocycles. The molecule has 2 atom stereocenters. The number of halogens is 1. The van der Waals surface area contributed by atoms with Crippen LogP contribution in [0.1, 0.15) is 19.8 Å². The molecule has 0 aromatic carbocycles. The van der Waals surface area contributed by atoms with Crippen LogP contribution in [0, 0.1) is 11.8 Å². The number of nitrogens with one attached hydrogen (secondary N) is 1. The van der Waals surface area contributed by atoms with Crippen LogP contribution >= 0.6 is 24.0 Å². The minimum atomic E-state index is -0.125. The molecular formula is C17H33IN4O3. The molecule has 2 aliphatic rings. The van der Waals surface area contributed by atoms with Crippen molar-refractivity contribution in [1.29, 1.82) is 0 Å². The number of hydrogen-bond donors (Lipinski definition) is 1. The number of esters is 1. The van der Waals surface area contributed by atoms with Gasteiger partial charge in [-0.05, 0) is 18.8 Å². The van der Waals surface area contributed by atoms with Crippen molar-refractivity contribution in [3.05, 3.63) is 0 Å². The first-order valence-electron chi connectivity index (χ1n) is 8.87. The van der Waals surface area contributed by atoms with Crippen molar-refractivity contribution < 1.29 is 14.3 Å². The van der Waals surface area contributed by atoms with E-state index in [2.05, 4.69) is 27.0 Å². The van der Waals surface area contributed by atoms with Gasteiger partial charge in [-0.15, -0.1) is 24.0 Å². The fourth-order valence-electron chi connectivity index (χ4n) is 3.37. The van der Waals surface area contributed by atoms with Gasteiger partial charge in [-0.3, -0.25) is 14.7 Å². The molecule has 0 spiro atoms. The van der Waals surface area contributed by atoms with Gasteiger partial charge in [-0.1, -0.05) is 6.92 Å². The van der Waals surface area contributed by atoms with Crippen LogP contribution in [-0.4, -0.2) is 88.4 Å². The van der Waals surface area contributed by atoms with Crippen LogP contribution in [0.3, 0.4) is 0 Å². The first-order valence-corrected chi connectivity index (χ1v) is 8.87. The zero-order chi connectivity index (χ0) is 17.5. The van der Waals surface area contributed by atoms with Crippen molar-refractivity contribution in [3.63, 3.8) is 0 Å². The predicted molar refractivity (Wildman–Crippen MR) is 109 cm³/mol. The summed E-state index contributed by atoms with van der Waals surface area (Å²) in [6.07, 6.45) is 2.59. The molecular weight excluding hydrogens is 435 g/mol. The molecule has 0 aromatic rings. The molecule has 2 rings (SSSR count). The molecule has 8 heteroatoms. The predicted octanol–water partition coefficient (Wildman–Crippen LogP) is 1.03. The Kier molecular flexibility index (Phi) is 10.0. The van der Waals surface area contributed by atoms with Gasteiger partial charge in [0.2, 0.25) is 0 Å². The molecule has 7 nitrogen and oxygen atoms in total. The summed E-state index contributed by atoms with van der Waals surface area (Å²) in [7, 11) is 5.00. The third kappa shape index (κ3) is 6.56. The molecule has 0 radical (unpaired) electrons. The number of guanidine groups is 1. The van der Waals surface area contributed by atoms with Crippen LogP contribution in [0.2, 0.25) is 0 Å². The second-order valence-corrected chi connectivity index (χ2v) is 6.75. The SMILES string of the molecule is CN=C(NCCN(CCOC)C1CC1)N1CC(C)C(C(=O)OC)C1.I. The van der Waals surface area contributed by atoms with E-state index in [1.165, 1.54) is 20.0 Å². The van der Waals surface area contributed by atoms with Crippen LogP contribution in [-0.2, 0) is 14.3 Å². The first-order chi connectivity index (χ1) is 11.6. The van der Waals surface area contributed by atoms with Gasteiger partial charge in [0.1, 0.15) is 0 Å². The smallest absolute Gasteiger partial charge is 0.310 e. The number of methoxy groups -OCH3 is 2. The van der Waals surface area contributed by atoms with E-state index in [-0.39, 0.29) is 41.8 Å². The largest absolute Gasteiger partial charge is 0.469 e. The van der Waals surface area contributed by atoms with Gasteiger partial charge in [-0.2, -0.15) is 0 Å². The highest BCUT2D eigenvalue weighted by Gasteiger charge is 2.37. The number of carbonyl (C=O) groups excluding carboxylic acids is 1. The van der Waals surface area contributed by atoms with E-state index in [4.69, 9.17) is 9.47 Å². The van der Waals surface area contributed by atoms with Crippen LogP contribution < -0.4 is 5.32 Å². The average Bonchev–Trinajstić information content (AvgIpc) is 3.36. The highest BCUT2D eigenvalue weighted by Crippen LogP contribution is 2.26. The van der Waals surface area contributed by atoms with E-state index in [0.717, 1.165) is 44.8 Å². The molecule has 1 aliphatic heterocycles. The topological polar surface area (TPSA) is 66.4 Å². The monoisotopic (exact) mass is 468 g/mol. The molecule has 146 valence electrons. The van der Waals surface area contributed by atoms with Crippen molar-refractivity contribution in [2.75, 3.05) is 60.6 Å². The minimum absolute atomic E-state index is 0. The van der Waals surface area contributed by atoms with Crippen LogP contribution in [0.5, 0.6) is 0 Å². The Balaban J connectivity index is 0.00000312. The summed E-state index contributed by atoms with van der Waals surface area (Å²) < 4.78 is 10.1. The summed E-state index contributed by atoms with van der Waals surface area (Å²) >= 11 is 0. The molecule has 0 bridgehead atoms. The van der Waals surface area contributed by atoms with Gasteiger partial charge in [0.25, 0.3) is 0 Å². The van der Waals surface area contributed by atoms with Gasteiger partial charge in [0.15, 0.2) is 5.96 Å². The standard InChI is InChI=1S/C17H32N4O3.HI/c1-13-11-21(12-15(13)16(22)24-4)17(18-2)19-7-8-20(9-10-23-3)14-5-6-14;/h13-15H,5-12H2,1-4H3,(H,18,19);1H. The van der Waals surface area contributed by atoms with Gasteiger partial charge >= 0.3 is 5.97 Å². The number of ether oxygens (including phenoxy) is 2. The second kappa shape index (κ2) is 11.2. The molecule has 1 saturated heterocycles. The number of rotatable bonds is 8. The van der Waals surface area contributed by atoms with Gasteiger partial charge in [-0.25, -0.2) is 0 Å². The summed E-state index contributed by atoms with van der Waals surface area (Å²) in [5.74, 6) is 0.953. The van der Waals surface area contributed by atoms with Crippen molar-refractivity contribution in [2.24, 2.45) is 16.8 Å². The lowest BCUT2D eigenvalue weighted by molar-refractivity contribution is -0.145. The van der Waals surface area contributed by atoms with Crippen molar-refractivity contribution in [3.8, 4) is 0 Å². The van der Waals surface area contributed by atoms with Crippen LogP contribution in [0.15, 0.2) is 4.99 Å². The Labute approximate surface area is 168 Å². The van der Waals surface area contributed by atoms with E-state index in [9.17, 15) is 4.79 Å². The summed E-state index contributed by atoms with van der Waals surface area (Å²) in [4.78, 5) is 20.9. The third-order valence-corrected chi connectivity index (χ3v) is 4.96. The number of carbonyl (C=O) groups is 1. The Morgan fingerprint density at radius 1 is 1.28 bits per heavy atom. The van der Waals surface area contributed by atoms with Crippen LogP contribution in [0.25, 0.3) is 0 Å². The zero-order valence-electron chi connectivity index (χ0n) is 15.9. The molecule has 1 saturated carbocycles. The lowest BCUT2D eigenvalue weighted by Gasteiger charge is -2.25. The Morgan fingerprint density at radius 2 is 2.00 bits per heavy atom. The number of nitrogens with zero attached hydrogens (tertiary/aromatic N) is 3. The fourth-order valence-corrected chi connectivity index (χ4v) is 3.37. The van der Waals surface area contributed by atoms with Crippen molar-refractivity contribution in [1.82, 2.24) is 15.1 Å². The quantitative estimate of drug-likeness (QED) is 0.249. The van der Waals surface area contributed by atoms with Gasteiger partial charge in [0, 0.05) is 52.9 Å². The van der Waals surface area contributed by atoms with Crippen molar-refractivity contribution >= 4 is 35.9 Å². The number of likely N-dealkylation sites (tertiary alicyclic amines) is 1. The Morgan fingerprint density at radius 3 is 2.56 bits per heavy atom. The Hall–Kier alpha value is -0.610. The first kappa shape index (κ1) is 22.4. The maximum Gasteiger partial charge on any atom is 0.310 e. The second-order valence-electron chi connectivity index (χ2n) is 6.75. The lowest BCUT2D eigenvalue weighted by Crippen LogP contribution is -2.44. The summed E-state index contributed by atoms with van der Waals surface area (Å²) in [6, 6.07) is 0.722. The average molecular weight is 468 g/mol. The van der Waals surface area contributed by atoms with E-state index >= 15 is 0 Å². The maximum absolute atomic E-state index is 11.8. The number of hydrogen-bond acceptors (Lipinski definition) is 5. The molecule has 1 aliphatic carbocycles. The fraction of sp³-hybridized carbons (Fsp3) is 0.882. The van der Waals surface area contributed by atoms with Crippen molar-refractivity contribution in [2.45, 2.75) is 25.8 Å². The highest BCUT2D eigenvalue weighted by atomic mass is 127. The number of aliphatic imine (C=N–C) groups is 1. The normalized spacial score (nSPS) is 23.6. The molecule has 1 N–H and O–H groups in total. The van der Waals surface area contributed by atoms with E-state index < -0.39 is 0 Å². The summed E-state index contributed by atoms with van der Waals surface area (Å²) in [5, 5.41) is 3.44. The zero-order valence-corrected chi connectivity index (χ0v) is 18.2. The summed E-state index contributed by atoms with van der Waals surface area (Å²) in [6.45, 7) is 7.17. The molecule has 2 unspecified atom stereocenters. The van der Waals surface area contributed by atoms with Gasteiger partial charge in [0.05, 0.1) is 19.6 Å². The van der Waals surface area contributed by atoms with Gasteiger partial charge < -0.3 is 19.7 Å². The molecule has 2 fully saturated rings. The lowest BCUT2D eigenvalue weighted by atomic mass is 9.99. The summed E-state index contributed by atoms with van der Waals surface area (Å²) in [5.41, 5.74) is 0. The molecule has 0 amide bonds.